The molecule has 27 heavy (non-hydrogen) atoms. The Kier molecular flexibility index (Phi) is 4.28. The van der Waals surface area contributed by atoms with Crippen LogP contribution in [-0.4, -0.2) is 20.1 Å². The summed E-state index contributed by atoms with van der Waals surface area (Å²) in [7, 11) is 3.13. The Labute approximate surface area is 163 Å². The van der Waals surface area contributed by atoms with Gasteiger partial charge in [-0.15, -0.1) is 0 Å². The number of hydrogen-bond donors (Lipinski definition) is 1. The number of rotatable bonds is 3. The van der Waals surface area contributed by atoms with Crippen molar-refractivity contribution in [1.29, 1.82) is 10.7 Å². The van der Waals surface area contributed by atoms with Crippen LogP contribution >= 0.6 is 15.9 Å². The largest absolute Gasteiger partial charge is 0.493 e. The third-order valence-corrected chi connectivity index (χ3v) is 5.32. The van der Waals surface area contributed by atoms with Crippen LogP contribution in [0.15, 0.2) is 45.5 Å². The fourth-order valence-electron chi connectivity index (χ4n) is 3.52. The SMILES string of the molecule is COc1cc(C2c3ccc4occc4c3OC(=N)C2C#N)cc(Br)c1OC. The molecule has 0 bridgehead atoms. The minimum Gasteiger partial charge on any atom is -0.493 e. The molecule has 1 aliphatic heterocycles. The predicted octanol–water partition coefficient (Wildman–Crippen LogP) is 4.85. The first kappa shape index (κ1) is 17.4. The predicted molar refractivity (Wildman–Crippen MR) is 103 cm³/mol. The Hall–Kier alpha value is -2.98. The van der Waals surface area contributed by atoms with Crippen molar-refractivity contribution in [3.8, 4) is 23.3 Å². The zero-order valence-corrected chi connectivity index (χ0v) is 16.2. The van der Waals surface area contributed by atoms with Crippen LogP contribution in [0.1, 0.15) is 17.0 Å². The highest BCUT2D eigenvalue weighted by Gasteiger charge is 2.38. The van der Waals surface area contributed by atoms with E-state index in [0.717, 1.165) is 16.5 Å². The number of nitriles is 1. The van der Waals surface area contributed by atoms with Gasteiger partial charge in [0, 0.05) is 11.5 Å². The van der Waals surface area contributed by atoms with E-state index in [9.17, 15) is 5.26 Å². The first-order chi connectivity index (χ1) is 13.1. The molecule has 2 atom stereocenters. The molecule has 6 nitrogen and oxygen atoms in total. The lowest BCUT2D eigenvalue weighted by atomic mass is 9.78. The van der Waals surface area contributed by atoms with Crippen LogP contribution < -0.4 is 14.2 Å². The number of halogens is 1. The molecule has 1 N–H and O–H groups in total. The maximum Gasteiger partial charge on any atom is 0.205 e. The van der Waals surface area contributed by atoms with Gasteiger partial charge in [-0.05, 0) is 45.8 Å². The maximum atomic E-state index is 9.73. The molecule has 0 saturated heterocycles. The highest BCUT2D eigenvalue weighted by Crippen LogP contribution is 2.48. The molecule has 0 saturated carbocycles. The van der Waals surface area contributed by atoms with Gasteiger partial charge in [0.1, 0.15) is 17.3 Å². The number of fused-ring (bicyclic) bond motifs is 3. The van der Waals surface area contributed by atoms with Crippen LogP contribution in [0.4, 0.5) is 0 Å². The van der Waals surface area contributed by atoms with Gasteiger partial charge in [-0.2, -0.15) is 5.26 Å². The maximum absolute atomic E-state index is 9.73. The van der Waals surface area contributed by atoms with Gasteiger partial charge in [-0.3, -0.25) is 5.41 Å². The molecular formula is C20H15BrN2O4. The molecule has 0 spiro atoms. The van der Waals surface area contributed by atoms with Crippen molar-refractivity contribution in [2.24, 2.45) is 5.92 Å². The highest BCUT2D eigenvalue weighted by atomic mass is 79.9. The smallest absolute Gasteiger partial charge is 0.205 e. The molecule has 0 radical (unpaired) electrons. The Morgan fingerprint density at radius 2 is 2.00 bits per heavy atom. The van der Waals surface area contributed by atoms with E-state index in [4.69, 9.17) is 24.0 Å². The van der Waals surface area contributed by atoms with Crippen LogP contribution in [0, 0.1) is 22.7 Å². The zero-order chi connectivity index (χ0) is 19.1. The summed E-state index contributed by atoms with van der Waals surface area (Å²) >= 11 is 3.51. The molecule has 1 aromatic heterocycles. The van der Waals surface area contributed by atoms with E-state index in [-0.39, 0.29) is 11.8 Å². The molecule has 0 fully saturated rings. The first-order valence-electron chi connectivity index (χ1n) is 8.16. The average Bonchev–Trinajstić information content (AvgIpc) is 3.15. The molecule has 0 amide bonds. The third kappa shape index (κ3) is 2.64. The number of nitrogens with zero attached hydrogens (tertiary/aromatic N) is 1. The van der Waals surface area contributed by atoms with Crippen LogP contribution in [0.3, 0.4) is 0 Å². The Bertz CT molecular complexity index is 1100. The van der Waals surface area contributed by atoms with Gasteiger partial charge in [0.2, 0.25) is 5.90 Å². The summed E-state index contributed by atoms with van der Waals surface area (Å²) in [5.41, 5.74) is 2.32. The van der Waals surface area contributed by atoms with Gasteiger partial charge < -0.3 is 18.6 Å². The third-order valence-electron chi connectivity index (χ3n) is 4.73. The first-order valence-corrected chi connectivity index (χ1v) is 8.95. The molecule has 136 valence electrons. The van der Waals surface area contributed by atoms with Gasteiger partial charge in [0.05, 0.1) is 36.4 Å². The summed E-state index contributed by atoms with van der Waals surface area (Å²) in [5.74, 6) is 0.432. The van der Waals surface area contributed by atoms with Crippen molar-refractivity contribution in [2.75, 3.05) is 14.2 Å². The van der Waals surface area contributed by atoms with Crippen LogP contribution in [0.2, 0.25) is 0 Å². The Balaban J connectivity index is 1.97. The topological polar surface area (TPSA) is 88.5 Å². The number of benzene rings is 2. The molecular weight excluding hydrogens is 412 g/mol. The van der Waals surface area contributed by atoms with Crippen molar-refractivity contribution < 1.29 is 18.6 Å². The second kappa shape index (κ2) is 6.63. The van der Waals surface area contributed by atoms with Crippen molar-refractivity contribution in [3.63, 3.8) is 0 Å². The van der Waals surface area contributed by atoms with E-state index in [1.54, 1.807) is 26.5 Å². The van der Waals surface area contributed by atoms with Gasteiger partial charge in [-0.1, -0.05) is 6.07 Å². The van der Waals surface area contributed by atoms with Gasteiger partial charge in [0.15, 0.2) is 11.5 Å². The molecule has 2 aromatic carbocycles. The average molecular weight is 427 g/mol. The lowest BCUT2D eigenvalue weighted by Crippen LogP contribution is -2.31. The number of ether oxygens (including phenoxy) is 3. The molecule has 3 aromatic rings. The molecule has 2 unspecified atom stereocenters. The van der Waals surface area contributed by atoms with Crippen LogP contribution in [0.25, 0.3) is 11.0 Å². The summed E-state index contributed by atoms with van der Waals surface area (Å²) in [5, 5.41) is 18.8. The van der Waals surface area contributed by atoms with Crippen molar-refractivity contribution in [3.05, 3.63) is 52.2 Å². The minimum absolute atomic E-state index is 0.0883. The molecule has 1 aliphatic rings. The summed E-state index contributed by atoms with van der Waals surface area (Å²) in [6.45, 7) is 0. The van der Waals surface area contributed by atoms with Gasteiger partial charge in [-0.25, -0.2) is 0 Å². The summed E-state index contributed by atoms with van der Waals surface area (Å²) in [4.78, 5) is 0. The number of nitrogens with one attached hydrogen (secondary N) is 1. The number of hydrogen-bond acceptors (Lipinski definition) is 6. The fourth-order valence-corrected chi connectivity index (χ4v) is 4.14. The van der Waals surface area contributed by atoms with Crippen molar-refractivity contribution >= 4 is 32.8 Å². The zero-order valence-electron chi connectivity index (χ0n) is 14.6. The Morgan fingerprint density at radius 3 is 2.70 bits per heavy atom. The lowest BCUT2D eigenvalue weighted by molar-refractivity contribution is 0.352. The van der Waals surface area contributed by atoms with Crippen LogP contribution in [-0.2, 0) is 0 Å². The van der Waals surface area contributed by atoms with Crippen molar-refractivity contribution in [1.82, 2.24) is 0 Å². The number of methoxy groups -OCH3 is 2. The fraction of sp³-hybridized carbons (Fsp3) is 0.200. The molecule has 4 rings (SSSR count). The standard InChI is InChI=1S/C20H15BrN2O4/c1-24-16-8-10(7-14(21)19(16)25-2)17-12-3-4-15-11(5-6-26-15)18(12)27-20(23)13(17)9-22/h3-8,13,17,23H,1-2H3. The van der Waals surface area contributed by atoms with E-state index >= 15 is 0 Å². The summed E-state index contributed by atoms with van der Waals surface area (Å²) in [6.07, 6.45) is 1.58. The normalized spacial score (nSPS) is 18.5. The number of furan rings is 1. The summed E-state index contributed by atoms with van der Waals surface area (Å²) in [6, 6.07) is 11.5. The molecule has 0 aliphatic carbocycles. The lowest BCUT2D eigenvalue weighted by Gasteiger charge is -2.31. The van der Waals surface area contributed by atoms with E-state index in [1.165, 1.54) is 0 Å². The van der Waals surface area contributed by atoms with Gasteiger partial charge in [0.25, 0.3) is 0 Å². The van der Waals surface area contributed by atoms with Crippen LogP contribution in [0.5, 0.6) is 17.2 Å². The molecule has 7 heteroatoms. The van der Waals surface area contributed by atoms with Gasteiger partial charge >= 0.3 is 0 Å². The minimum atomic E-state index is -0.758. The summed E-state index contributed by atoms with van der Waals surface area (Å²) < 4.78 is 22.7. The van der Waals surface area contributed by atoms with E-state index in [2.05, 4.69) is 22.0 Å². The highest BCUT2D eigenvalue weighted by molar-refractivity contribution is 9.10. The monoisotopic (exact) mass is 426 g/mol. The second-order valence-electron chi connectivity index (χ2n) is 6.11. The molecule has 2 heterocycles. The van der Waals surface area contributed by atoms with Crippen molar-refractivity contribution in [2.45, 2.75) is 5.92 Å². The van der Waals surface area contributed by atoms with E-state index in [1.807, 2.05) is 24.3 Å². The Morgan fingerprint density at radius 1 is 1.19 bits per heavy atom. The quantitative estimate of drug-likeness (QED) is 0.646. The van der Waals surface area contributed by atoms with E-state index in [0.29, 0.717) is 27.3 Å². The second-order valence-corrected chi connectivity index (χ2v) is 6.96. The van der Waals surface area contributed by atoms with E-state index < -0.39 is 5.92 Å².